The van der Waals surface area contributed by atoms with Crippen LogP contribution in [-0.2, 0) is 11.8 Å². The van der Waals surface area contributed by atoms with Gasteiger partial charge in [-0.05, 0) is 51.4 Å². The van der Waals surface area contributed by atoms with Gasteiger partial charge in [-0.3, -0.25) is 9.48 Å². The van der Waals surface area contributed by atoms with Crippen LogP contribution in [0.3, 0.4) is 0 Å². The molecule has 0 aromatic carbocycles. The first-order valence-corrected chi connectivity index (χ1v) is 10.0. The molecule has 0 spiro atoms. The van der Waals surface area contributed by atoms with Crippen molar-refractivity contribution in [1.29, 1.82) is 0 Å². The Morgan fingerprint density at radius 2 is 1.96 bits per heavy atom. The molecule has 3 rings (SSSR count). The van der Waals surface area contributed by atoms with Gasteiger partial charge in [0.25, 0.3) is 0 Å². The van der Waals surface area contributed by atoms with Crippen molar-refractivity contribution in [2.45, 2.75) is 71.4 Å². The van der Waals surface area contributed by atoms with Crippen molar-refractivity contribution >= 4 is 11.7 Å². The number of anilines is 1. The fourth-order valence-electron chi connectivity index (χ4n) is 4.55. The van der Waals surface area contributed by atoms with Crippen molar-refractivity contribution in [2.75, 3.05) is 18.0 Å². The van der Waals surface area contributed by atoms with E-state index in [2.05, 4.69) is 35.2 Å². The van der Waals surface area contributed by atoms with Crippen LogP contribution in [0.25, 0.3) is 0 Å². The normalized spacial score (nSPS) is 27.4. The lowest BCUT2D eigenvalue weighted by Crippen LogP contribution is -2.53. The molecular weight excluding hydrogens is 328 g/mol. The van der Waals surface area contributed by atoms with Crippen LogP contribution in [0.15, 0.2) is 6.07 Å². The summed E-state index contributed by atoms with van der Waals surface area (Å²) in [5.41, 5.74) is 0.639. The fraction of sp³-hybridized carbons (Fsp3) is 0.800. The van der Waals surface area contributed by atoms with E-state index in [4.69, 9.17) is 0 Å². The highest BCUT2D eigenvalue weighted by Gasteiger charge is 2.39. The predicted octanol–water partition coefficient (Wildman–Crippen LogP) is 2.39. The Kier molecular flexibility index (Phi) is 5.61. The van der Waals surface area contributed by atoms with Gasteiger partial charge in [0.1, 0.15) is 5.82 Å². The van der Waals surface area contributed by atoms with Crippen molar-refractivity contribution in [2.24, 2.45) is 18.4 Å². The van der Waals surface area contributed by atoms with Gasteiger partial charge in [0.15, 0.2) is 0 Å². The molecule has 2 N–H and O–H groups in total. The second-order valence-electron chi connectivity index (χ2n) is 8.75. The van der Waals surface area contributed by atoms with E-state index in [0.717, 1.165) is 63.1 Å². The maximum Gasteiger partial charge on any atom is 0.226 e. The molecule has 1 saturated heterocycles. The molecule has 2 fully saturated rings. The van der Waals surface area contributed by atoms with Crippen LogP contribution >= 0.6 is 0 Å². The maximum atomic E-state index is 13.0. The molecule has 1 amide bonds. The number of aryl methyl sites for hydroxylation is 2. The zero-order chi connectivity index (χ0) is 18.9. The summed E-state index contributed by atoms with van der Waals surface area (Å²) in [4.78, 5) is 15.4. The number of aromatic nitrogens is 2. The Morgan fingerprint density at radius 1 is 1.27 bits per heavy atom. The van der Waals surface area contributed by atoms with Gasteiger partial charge in [-0.1, -0.05) is 13.8 Å². The van der Waals surface area contributed by atoms with Crippen molar-refractivity contribution in [3.05, 3.63) is 11.8 Å². The lowest BCUT2D eigenvalue weighted by Gasteiger charge is -2.40. The van der Waals surface area contributed by atoms with Crippen LogP contribution in [0.2, 0.25) is 0 Å². The number of hydrogen-bond donors (Lipinski definition) is 2. The van der Waals surface area contributed by atoms with E-state index in [1.807, 2.05) is 18.7 Å². The molecule has 1 aliphatic carbocycles. The van der Waals surface area contributed by atoms with Crippen LogP contribution in [0.1, 0.15) is 58.1 Å². The summed E-state index contributed by atoms with van der Waals surface area (Å²) in [6, 6.07) is 2.29. The van der Waals surface area contributed by atoms with Gasteiger partial charge in [-0.2, -0.15) is 5.10 Å². The summed E-state index contributed by atoms with van der Waals surface area (Å²) in [7, 11) is 1.98. The minimum Gasteiger partial charge on any atom is -0.393 e. The third-order valence-electron chi connectivity index (χ3n) is 6.36. The van der Waals surface area contributed by atoms with Gasteiger partial charge >= 0.3 is 0 Å². The molecule has 26 heavy (non-hydrogen) atoms. The highest BCUT2D eigenvalue weighted by Crippen LogP contribution is 2.38. The first-order chi connectivity index (χ1) is 12.3. The topological polar surface area (TPSA) is 70.4 Å². The minimum absolute atomic E-state index is 0.159. The molecule has 0 bridgehead atoms. The average Bonchev–Trinajstić information content (AvgIpc) is 2.94. The second-order valence-corrected chi connectivity index (χ2v) is 8.75. The summed E-state index contributed by atoms with van der Waals surface area (Å²) in [5.74, 6) is 1.64. The molecule has 146 valence electrons. The summed E-state index contributed by atoms with van der Waals surface area (Å²) < 4.78 is 1.93. The summed E-state index contributed by atoms with van der Waals surface area (Å²) >= 11 is 0. The molecule has 1 aromatic heterocycles. The van der Waals surface area contributed by atoms with Crippen LogP contribution in [0.4, 0.5) is 5.82 Å². The van der Waals surface area contributed by atoms with Crippen LogP contribution < -0.4 is 10.2 Å². The third-order valence-corrected chi connectivity index (χ3v) is 6.36. The molecule has 1 aromatic rings. The van der Waals surface area contributed by atoms with E-state index in [9.17, 15) is 9.90 Å². The Hall–Kier alpha value is -1.56. The van der Waals surface area contributed by atoms with E-state index in [1.54, 1.807) is 0 Å². The molecule has 2 aliphatic rings. The van der Waals surface area contributed by atoms with Crippen molar-refractivity contribution in [1.82, 2.24) is 15.1 Å². The molecular formula is C20H34N4O2. The first-order valence-electron chi connectivity index (χ1n) is 10.0. The molecule has 2 heterocycles. The third kappa shape index (κ3) is 4.05. The average molecular weight is 363 g/mol. The van der Waals surface area contributed by atoms with Gasteiger partial charge in [0.05, 0.1) is 11.8 Å². The molecule has 1 atom stereocenters. The molecule has 1 unspecified atom stereocenters. The standard InChI is InChI=1S/C20H34N4O2/c1-14-12-18(23(4)22-14)24-11-5-6-16(13-24)21-19(26)20(2,3)15-7-9-17(25)10-8-15/h12,15-17,25H,5-11,13H2,1-4H3,(H,21,26). The van der Waals surface area contributed by atoms with Gasteiger partial charge in [-0.25, -0.2) is 0 Å². The molecule has 1 saturated carbocycles. The zero-order valence-corrected chi connectivity index (χ0v) is 16.7. The van der Waals surface area contributed by atoms with Crippen molar-refractivity contribution in [3.8, 4) is 0 Å². The van der Waals surface area contributed by atoms with Crippen LogP contribution in [-0.4, -0.2) is 46.0 Å². The Bertz CT molecular complexity index is 632. The summed E-state index contributed by atoms with van der Waals surface area (Å²) in [5, 5.41) is 17.5. The Morgan fingerprint density at radius 3 is 2.58 bits per heavy atom. The lowest BCUT2D eigenvalue weighted by atomic mass is 9.70. The molecule has 6 nitrogen and oxygen atoms in total. The number of hydrogen-bond acceptors (Lipinski definition) is 4. The highest BCUT2D eigenvalue weighted by molar-refractivity contribution is 5.82. The van der Waals surface area contributed by atoms with Crippen molar-refractivity contribution < 1.29 is 9.90 Å². The van der Waals surface area contributed by atoms with E-state index < -0.39 is 0 Å². The van der Waals surface area contributed by atoms with Crippen LogP contribution in [0, 0.1) is 18.3 Å². The molecule has 1 aliphatic heterocycles. The SMILES string of the molecule is Cc1cc(N2CCCC(NC(=O)C(C)(C)C3CCC(O)CC3)C2)n(C)n1. The number of aliphatic hydroxyl groups excluding tert-OH is 1. The minimum atomic E-state index is -0.383. The quantitative estimate of drug-likeness (QED) is 0.863. The van der Waals surface area contributed by atoms with E-state index in [1.165, 1.54) is 0 Å². The lowest BCUT2D eigenvalue weighted by molar-refractivity contribution is -0.134. The van der Waals surface area contributed by atoms with Gasteiger partial charge in [-0.15, -0.1) is 0 Å². The Balaban J connectivity index is 1.60. The van der Waals surface area contributed by atoms with E-state index in [-0.39, 0.29) is 23.5 Å². The largest absolute Gasteiger partial charge is 0.393 e. The first kappa shape index (κ1) is 19.2. The van der Waals surface area contributed by atoms with Gasteiger partial charge < -0.3 is 15.3 Å². The summed E-state index contributed by atoms with van der Waals surface area (Å²) in [6.07, 6.45) is 5.43. The highest BCUT2D eigenvalue weighted by atomic mass is 16.3. The number of aliphatic hydroxyl groups is 1. The number of piperidine rings is 1. The number of carbonyl (C=O) groups is 1. The van der Waals surface area contributed by atoms with Gasteiger partial charge in [0.2, 0.25) is 5.91 Å². The second kappa shape index (κ2) is 7.59. The summed E-state index contributed by atoms with van der Waals surface area (Å²) in [6.45, 7) is 7.99. The van der Waals surface area contributed by atoms with Crippen LogP contribution in [0.5, 0.6) is 0 Å². The number of nitrogens with one attached hydrogen (secondary N) is 1. The molecule has 0 radical (unpaired) electrons. The van der Waals surface area contributed by atoms with Gasteiger partial charge in [0, 0.05) is 37.7 Å². The molecule has 6 heteroatoms. The fourth-order valence-corrected chi connectivity index (χ4v) is 4.55. The van der Waals surface area contributed by atoms with E-state index in [0.29, 0.717) is 5.92 Å². The zero-order valence-electron chi connectivity index (χ0n) is 16.7. The Labute approximate surface area is 156 Å². The maximum absolute atomic E-state index is 13.0. The predicted molar refractivity (Wildman–Crippen MR) is 103 cm³/mol. The smallest absolute Gasteiger partial charge is 0.226 e. The number of rotatable bonds is 4. The van der Waals surface area contributed by atoms with E-state index >= 15 is 0 Å². The number of nitrogens with zero attached hydrogens (tertiary/aromatic N) is 3. The monoisotopic (exact) mass is 362 g/mol. The number of amides is 1. The number of carbonyl (C=O) groups excluding carboxylic acids is 1. The van der Waals surface area contributed by atoms with Crippen molar-refractivity contribution in [3.63, 3.8) is 0 Å².